The number of nitrogens with one attached hydrogen (secondary N) is 2. The second-order valence-corrected chi connectivity index (χ2v) is 2.58. The molecule has 1 rings (SSSR count). The van der Waals surface area contributed by atoms with Gasteiger partial charge in [-0.2, -0.15) is 0 Å². The third-order valence-electron chi connectivity index (χ3n) is 1.48. The molecule has 0 saturated heterocycles. The molecule has 0 unspecified atom stereocenters. The van der Waals surface area contributed by atoms with Crippen LogP contribution in [0.5, 0.6) is 0 Å². The van der Waals surface area contributed by atoms with Gasteiger partial charge in [-0.15, -0.1) is 0 Å². The summed E-state index contributed by atoms with van der Waals surface area (Å²) in [5.41, 5.74) is 2.02. The molecule has 0 amide bonds. The Labute approximate surface area is 72.4 Å². The summed E-state index contributed by atoms with van der Waals surface area (Å²) in [7, 11) is 0. The van der Waals surface area contributed by atoms with Crippen molar-refractivity contribution in [1.29, 1.82) is 5.41 Å². The lowest BCUT2D eigenvalue weighted by molar-refractivity contribution is 1.44. The highest BCUT2D eigenvalue weighted by atomic mass is 14.9. The Morgan fingerprint density at radius 2 is 2.00 bits per heavy atom. The van der Waals surface area contributed by atoms with Gasteiger partial charge in [-0.1, -0.05) is 24.8 Å². The first kappa shape index (κ1) is 8.53. The second kappa shape index (κ2) is 3.72. The fourth-order valence-corrected chi connectivity index (χ4v) is 0.919. The first-order valence-corrected chi connectivity index (χ1v) is 3.77. The van der Waals surface area contributed by atoms with Crippen LogP contribution in [0.2, 0.25) is 0 Å². The molecule has 0 heterocycles. The van der Waals surface area contributed by atoms with Crippen molar-refractivity contribution >= 4 is 17.6 Å². The van der Waals surface area contributed by atoms with Gasteiger partial charge in [0.05, 0.1) is 5.84 Å². The maximum atomic E-state index is 7.20. The van der Waals surface area contributed by atoms with Crippen LogP contribution in [0.4, 0.5) is 5.69 Å². The van der Waals surface area contributed by atoms with Crippen molar-refractivity contribution in [2.24, 2.45) is 0 Å². The van der Waals surface area contributed by atoms with E-state index in [9.17, 15) is 0 Å². The van der Waals surface area contributed by atoms with Crippen LogP contribution in [0.25, 0.3) is 6.08 Å². The van der Waals surface area contributed by atoms with E-state index < -0.39 is 0 Å². The van der Waals surface area contributed by atoms with Crippen molar-refractivity contribution in [3.63, 3.8) is 0 Å². The summed E-state index contributed by atoms with van der Waals surface area (Å²) in [6, 6.07) is 7.76. The molecule has 0 atom stereocenters. The molecule has 62 valence electrons. The molecule has 1 aromatic rings. The van der Waals surface area contributed by atoms with Crippen molar-refractivity contribution in [2.75, 3.05) is 5.32 Å². The van der Waals surface area contributed by atoms with Crippen LogP contribution < -0.4 is 5.32 Å². The second-order valence-electron chi connectivity index (χ2n) is 2.58. The van der Waals surface area contributed by atoms with Gasteiger partial charge in [-0.05, 0) is 24.6 Å². The smallest absolute Gasteiger partial charge is 0.0944 e. The van der Waals surface area contributed by atoms with Crippen molar-refractivity contribution in [3.8, 4) is 0 Å². The molecule has 2 heteroatoms. The molecule has 0 radical (unpaired) electrons. The predicted octanol–water partition coefficient (Wildman–Crippen LogP) is 2.74. The van der Waals surface area contributed by atoms with Gasteiger partial charge >= 0.3 is 0 Å². The monoisotopic (exact) mass is 160 g/mol. The first-order chi connectivity index (χ1) is 5.72. The van der Waals surface area contributed by atoms with Crippen LogP contribution in [0.3, 0.4) is 0 Å². The van der Waals surface area contributed by atoms with Crippen molar-refractivity contribution < 1.29 is 0 Å². The van der Waals surface area contributed by atoms with Crippen LogP contribution in [0, 0.1) is 5.41 Å². The summed E-state index contributed by atoms with van der Waals surface area (Å²) in [6.07, 6.45) is 1.79. The molecule has 0 aromatic heterocycles. The van der Waals surface area contributed by atoms with Gasteiger partial charge in [0.1, 0.15) is 0 Å². The van der Waals surface area contributed by atoms with Crippen molar-refractivity contribution in [2.45, 2.75) is 6.92 Å². The number of anilines is 1. The highest BCUT2D eigenvalue weighted by molar-refractivity contribution is 5.90. The summed E-state index contributed by atoms with van der Waals surface area (Å²) < 4.78 is 0. The molecule has 0 saturated carbocycles. The molecule has 1 aromatic carbocycles. The number of hydrogen-bond acceptors (Lipinski definition) is 1. The maximum absolute atomic E-state index is 7.20. The van der Waals surface area contributed by atoms with Gasteiger partial charge in [0.2, 0.25) is 0 Å². The molecule has 2 nitrogen and oxygen atoms in total. The van der Waals surface area contributed by atoms with Gasteiger partial charge in [0.25, 0.3) is 0 Å². The molecule has 0 aliphatic rings. The number of benzene rings is 1. The molecule has 0 aliphatic heterocycles. The largest absolute Gasteiger partial charge is 0.344 e. The van der Waals surface area contributed by atoms with E-state index in [0.29, 0.717) is 5.84 Å². The number of amidine groups is 1. The average molecular weight is 160 g/mol. The molecular formula is C10H12N2. The van der Waals surface area contributed by atoms with E-state index >= 15 is 0 Å². The summed E-state index contributed by atoms with van der Waals surface area (Å²) >= 11 is 0. The lowest BCUT2D eigenvalue weighted by Gasteiger charge is -2.02. The van der Waals surface area contributed by atoms with E-state index in [-0.39, 0.29) is 0 Å². The summed E-state index contributed by atoms with van der Waals surface area (Å²) in [6.45, 7) is 5.37. The van der Waals surface area contributed by atoms with E-state index in [2.05, 4.69) is 11.9 Å². The molecule has 12 heavy (non-hydrogen) atoms. The standard InChI is InChI=1S/C10H12N2/c1-3-9-4-6-10(7-5-9)12-8(2)11/h3-7H,1H2,2H3,(H2,11,12). The zero-order valence-electron chi connectivity index (χ0n) is 7.09. The molecule has 2 N–H and O–H groups in total. The molecular weight excluding hydrogens is 148 g/mol. The normalized spacial score (nSPS) is 9.08. The minimum Gasteiger partial charge on any atom is -0.344 e. The predicted molar refractivity (Wildman–Crippen MR) is 53.6 cm³/mol. The van der Waals surface area contributed by atoms with Crippen LogP contribution in [-0.4, -0.2) is 5.84 Å². The highest BCUT2D eigenvalue weighted by Crippen LogP contribution is 2.09. The zero-order valence-corrected chi connectivity index (χ0v) is 7.09. The van der Waals surface area contributed by atoms with Gasteiger partial charge < -0.3 is 5.32 Å². The van der Waals surface area contributed by atoms with E-state index in [4.69, 9.17) is 5.41 Å². The van der Waals surface area contributed by atoms with E-state index in [0.717, 1.165) is 11.3 Å². The van der Waals surface area contributed by atoms with E-state index in [1.54, 1.807) is 13.0 Å². The summed E-state index contributed by atoms with van der Waals surface area (Å²) in [5, 5.41) is 10.1. The van der Waals surface area contributed by atoms with Crippen LogP contribution in [-0.2, 0) is 0 Å². The van der Waals surface area contributed by atoms with E-state index in [1.807, 2.05) is 24.3 Å². The minimum absolute atomic E-state index is 0.446. The van der Waals surface area contributed by atoms with Gasteiger partial charge in [-0.25, -0.2) is 0 Å². The fourth-order valence-electron chi connectivity index (χ4n) is 0.919. The SMILES string of the molecule is C=Cc1ccc(NC(C)=N)cc1. The highest BCUT2D eigenvalue weighted by Gasteiger charge is 1.90. The Morgan fingerprint density at radius 3 is 2.42 bits per heavy atom. The Balaban J connectivity index is 2.77. The minimum atomic E-state index is 0.446. The zero-order chi connectivity index (χ0) is 8.97. The van der Waals surface area contributed by atoms with Crippen LogP contribution >= 0.6 is 0 Å². The summed E-state index contributed by atoms with van der Waals surface area (Å²) in [5.74, 6) is 0.446. The third-order valence-corrected chi connectivity index (χ3v) is 1.48. The van der Waals surface area contributed by atoms with Gasteiger partial charge in [-0.3, -0.25) is 5.41 Å². The number of hydrogen-bond donors (Lipinski definition) is 2. The van der Waals surface area contributed by atoms with E-state index in [1.165, 1.54) is 0 Å². The Bertz CT molecular complexity index is 285. The van der Waals surface area contributed by atoms with Crippen LogP contribution in [0.15, 0.2) is 30.8 Å². The topological polar surface area (TPSA) is 35.9 Å². The molecule has 0 spiro atoms. The molecule has 0 fully saturated rings. The Morgan fingerprint density at radius 1 is 1.42 bits per heavy atom. The van der Waals surface area contributed by atoms with Crippen molar-refractivity contribution in [3.05, 3.63) is 36.4 Å². The fraction of sp³-hybridized carbons (Fsp3) is 0.100. The number of rotatable bonds is 2. The lowest BCUT2D eigenvalue weighted by Crippen LogP contribution is -2.04. The summed E-state index contributed by atoms with van der Waals surface area (Å²) in [4.78, 5) is 0. The van der Waals surface area contributed by atoms with Gasteiger partial charge in [0, 0.05) is 5.69 Å². The Hall–Kier alpha value is -1.57. The molecule has 0 aliphatic carbocycles. The van der Waals surface area contributed by atoms with Crippen LogP contribution in [0.1, 0.15) is 12.5 Å². The third kappa shape index (κ3) is 2.23. The first-order valence-electron chi connectivity index (χ1n) is 3.77. The van der Waals surface area contributed by atoms with Crippen molar-refractivity contribution in [1.82, 2.24) is 0 Å². The quantitative estimate of drug-likeness (QED) is 0.506. The molecule has 0 bridgehead atoms. The average Bonchev–Trinajstić information content (AvgIpc) is 2.05. The Kier molecular flexibility index (Phi) is 2.64. The maximum Gasteiger partial charge on any atom is 0.0944 e. The lowest BCUT2D eigenvalue weighted by atomic mass is 10.2. The van der Waals surface area contributed by atoms with Gasteiger partial charge in [0.15, 0.2) is 0 Å².